The molecule has 0 unspecified atom stereocenters. The number of fused-ring (bicyclic) bond motifs is 1. The van der Waals surface area contributed by atoms with Gasteiger partial charge in [0.05, 0.1) is 37.2 Å². The van der Waals surface area contributed by atoms with E-state index in [9.17, 15) is 0 Å². The lowest BCUT2D eigenvalue weighted by molar-refractivity contribution is 0.122. The Labute approximate surface area is 215 Å². The molecule has 0 spiro atoms. The number of nitrogens with one attached hydrogen (secondary N) is 1. The summed E-state index contributed by atoms with van der Waals surface area (Å²) in [6, 6.07) is 16.1. The van der Waals surface area contributed by atoms with Crippen molar-refractivity contribution in [2.24, 2.45) is 0 Å². The molecule has 8 nitrogen and oxygen atoms in total. The summed E-state index contributed by atoms with van der Waals surface area (Å²) in [6.45, 7) is 7.20. The van der Waals surface area contributed by atoms with Crippen LogP contribution in [0.3, 0.4) is 0 Å². The van der Waals surface area contributed by atoms with Crippen LogP contribution < -0.4 is 10.2 Å². The van der Waals surface area contributed by atoms with Crippen LogP contribution in [0.1, 0.15) is 12.8 Å². The Morgan fingerprint density at radius 2 is 1.69 bits per heavy atom. The molecular weight excluding hydrogens is 474 g/mol. The molecule has 2 saturated heterocycles. The van der Waals surface area contributed by atoms with Crippen LogP contribution in [0.25, 0.3) is 22.2 Å². The molecule has 6 rings (SSSR count). The maximum atomic E-state index is 6.08. The number of aromatic nitrogens is 4. The van der Waals surface area contributed by atoms with Gasteiger partial charge in [-0.05, 0) is 56.3 Å². The molecule has 9 heteroatoms. The minimum absolute atomic E-state index is 0.676. The van der Waals surface area contributed by atoms with Crippen LogP contribution in [0.2, 0.25) is 5.02 Å². The first kappa shape index (κ1) is 23.2. The van der Waals surface area contributed by atoms with Crippen molar-refractivity contribution < 1.29 is 4.74 Å². The summed E-state index contributed by atoms with van der Waals surface area (Å²) in [4.78, 5) is 14.5. The zero-order chi connectivity index (χ0) is 24.3. The lowest BCUT2D eigenvalue weighted by Crippen LogP contribution is -2.37. The van der Waals surface area contributed by atoms with Gasteiger partial charge in [-0.1, -0.05) is 23.7 Å². The van der Waals surface area contributed by atoms with Gasteiger partial charge in [-0.2, -0.15) is 10.1 Å². The van der Waals surface area contributed by atoms with Gasteiger partial charge in [0, 0.05) is 47.4 Å². The predicted molar refractivity (Wildman–Crippen MR) is 144 cm³/mol. The number of ether oxygens (including phenoxy) is 1. The number of halogens is 1. The maximum Gasteiger partial charge on any atom is 0.228 e. The first-order chi connectivity index (χ1) is 17.7. The Kier molecular flexibility index (Phi) is 6.72. The fourth-order valence-corrected chi connectivity index (χ4v) is 5.01. The van der Waals surface area contributed by atoms with Crippen LogP contribution in [0.5, 0.6) is 0 Å². The Hall–Kier alpha value is -3.20. The number of rotatable bonds is 7. The maximum absolute atomic E-state index is 6.08. The first-order valence-corrected chi connectivity index (χ1v) is 13.0. The summed E-state index contributed by atoms with van der Waals surface area (Å²) >= 11 is 6.08. The number of anilines is 3. The largest absolute Gasteiger partial charge is 0.378 e. The van der Waals surface area contributed by atoms with Crippen molar-refractivity contribution >= 4 is 40.0 Å². The molecule has 4 heterocycles. The highest BCUT2D eigenvalue weighted by Gasteiger charge is 2.18. The van der Waals surface area contributed by atoms with Crippen molar-refractivity contribution in [3.05, 3.63) is 59.8 Å². The molecule has 0 bridgehead atoms. The Morgan fingerprint density at radius 3 is 2.50 bits per heavy atom. The van der Waals surface area contributed by atoms with Gasteiger partial charge in [0.2, 0.25) is 5.95 Å². The third-order valence-electron chi connectivity index (χ3n) is 6.89. The van der Waals surface area contributed by atoms with Crippen molar-refractivity contribution in [3.63, 3.8) is 0 Å². The second kappa shape index (κ2) is 10.4. The van der Waals surface area contributed by atoms with E-state index in [1.807, 2.05) is 36.5 Å². The van der Waals surface area contributed by atoms with Gasteiger partial charge in [-0.3, -0.25) is 4.68 Å². The van der Waals surface area contributed by atoms with E-state index in [2.05, 4.69) is 43.1 Å². The highest BCUT2D eigenvalue weighted by Crippen LogP contribution is 2.28. The average molecular weight is 504 g/mol. The summed E-state index contributed by atoms with van der Waals surface area (Å²) in [5.41, 5.74) is 3.97. The van der Waals surface area contributed by atoms with Crippen LogP contribution in [0.15, 0.2) is 54.7 Å². The third kappa shape index (κ3) is 5.16. The molecule has 2 aromatic carbocycles. The molecule has 4 aromatic rings. The molecule has 36 heavy (non-hydrogen) atoms. The van der Waals surface area contributed by atoms with Crippen molar-refractivity contribution in [1.82, 2.24) is 24.6 Å². The van der Waals surface area contributed by atoms with E-state index in [4.69, 9.17) is 26.3 Å². The highest BCUT2D eigenvalue weighted by molar-refractivity contribution is 6.30. The normalized spacial score (nSPS) is 16.6. The van der Waals surface area contributed by atoms with Gasteiger partial charge < -0.3 is 19.9 Å². The molecule has 2 aromatic heterocycles. The Balaban J connectivity index is 1.33. The van der Waals surface area contributed by atoms with Gasteiger partial charge in [-0.15, -0.1) is 0 Å². The van der Waals surface area contributed by atoms with Crippen LogP contribution in [0, 0.1) is 0 Å². The zero-order valence-electron chi connectivity index (χ0n) is 20.2. The molecule has 0 saturated carbocycles. The topological polar surface area (TPSA) is 71.3 Å². The molecule has 1 N–H and O–H groups in total. The summed E-state index contributed by atoms with van der Waals surface area (Å²) in [5, 5.41) is 9.94. The quantitative estimate of drug-likeness (QED) is 0.387. The van der Waals surface area contributed by atoms with Crippen molar-refractivity contribution in [1.29, 1.82) is 0 Å². The van der Waals surface area contributed by atoms with Gasteiger partial charge in [0.1, 0.15) is 5.82 Å². The average Bonchev–Trinajstić information content (AvgIpc) is 3.59. The van der Waals surface area contributed by atoms with Crippen molar-refractivity contribution in [2.45, 2.75) is 19.4 Å². The third-order valence-corrected chi connectivity index (χ3v) is 7.14. The fraction of sp³-hybridized carbons (Fsp3) is 0.370. The summed E-state index contributed by atoms with van der Waals surface area (Å²) < 4.78 is 7.67. The minimum atomic E-state index is 0.676. The van der Waals surface area contributed by atoms with Gasteiger partial charge in [0.15, 0.2) is 0 Å². The molecule has 0 aliphatic carbocycles. The minimum Gasteiger partial charge on any atom is -0.378 e. The van der Waals surface area contributed by atoms with E-state index in [1.165, 1.54) is 25.9 Å². The van der Waals surface area contributed by atoms with Gasteiger partial charge in [0.25, 0.3) is 0 Å². The monoisotopic (exact) mass is 503 g/mol. The highest BCUT2D eigenvalue weighted by atomic mass is 35.5. The molecule has 0 atom stereocenters. The number of hydrogen-bond acceptors (Lipinski definition) is 7. The fourth-order valence-electron chi connectivity index (χ4n) is 4.88. The van der Waals surface area contributed by atoms with E-state index in [1.54, 1.807) is 0 Å². The van der Waals surface area contributed by atoms with Crippen LogP contribution in [0.4, 0.5) is 17.5 Å². The summed E-state index contributed by atoms with van der Waals surface area (Å²) in [7, 11) is 0. The SMILES string of the molecule is Clc1ccc(Nc2cc(-c3ccc4cnn(CCN5CCCC5)c4c3)nc(N3CCOCC3)n2)cc1. The molecule has 2 fully saturated rings. The van der Waals surface area contributed by atoms with Gasteiger partial charge >= 0.3 is 0 Å². The molecule has 2 aliphatic heterocycles. The number of hydrogen-bond donors (Lipinski definition) is 1. The van der Waals surface area contributed by atoms with Crippen molar-refractivity contribution in [3.8, 4) is 11.3 Å². The number of benzene rings is 2. The summed E-state index contributed by atoms with van der Waals surface area (Å²) in [6.07, 6.45) is 4.56. The Bertz CT molecular complexity index is 1330. The van der Waals surface area contributed by atoms with Crippen LogP contribution >= 0.6 is 11.6 Å². The van der Waals surface area contributed by atoms with E-state index < -0.39 is 0 Å². The first-order valence-electron chi connectivity index (χ1n) is 12.6. The lowest BCUT2D eigenvalue weighted by Gasteiger charge is -2.27. The second-order valence-corrected chi connectivity index (χ2v) is 9.80. The molecule has 0 amide bonds. The summed E-state index contributed by atoms with van der Waals surface area (Å²) in [5.74, 6) is 1.45. The molecular formula is C27H30ClN7O. The molecule has 186 valence electrons. The lowest BCUT2D eigenvalue weighted by atomic mass is 10.1. The van der Waals surface area contributed by atoms with Crippen LogP contribution in [-0.4, -0.2) is 70.6 Å². The van der Waals surface area contributed by atoms with E-state index in [0.717, 1.165) is 59.8 Å². The number of likely N-dealkylation sites (tertiary alicyclic amines) is 1. The number of nitrogens with zero attached hydrogens (tertiary/aromatic N) is 6. The molecule has 0 radical (unpaired) electrons. The number of morpholine rings is 1. The van der Waals surface area contributed by atoms with Crippen LogP contribution in [-0.2, 0) is 11.3 Å². The van der Waals surface area contributed by atoms with E-state index in [-0.39, 0.29) is 0 Å². The van der Waals surface area contributed by atoms with Crippen molar-refractivity contribution in [2.75, 3.05) is 56.2 Å². The zero-order valence-corrected chi connectivity index (χ0v) is 21.0. The standard InChI is InChI=1S/C27H30ClN7O/c28-22-5-7-23(8-6-22)30-26-18-24(31-27(32-26)34-13-15-36-16-14-34)20-3-4-21-19-29-35(25(21)17-20)12-11-33-9-1-2-10-33/h3-8,17-19H,1-2,9-16H2,(H,30,31,32). The Morgan fingerprint density at radius 1 is 0.889 bits per heavy atom. The smallest absolute Gasteiger partial charge is 0.228 e. The van der Waals surface area contributed by atoms with E-state index in [0.29, 0.717) is 24.2 Å². The van der Waals surface area contributed by atoms with Gasteiger partial charge in [-0.25, -0.2) is 4.98 Å². The van der Waals surface area contributed by atoms with E-state index >= 15 is 0 Å². The molecule has 2 aliphatic rings. The predicted octanol–water partition coefficient (Wildman–Crippen LogP) is 4.82. The second-order valence-electron chi connectivity index (χ2n) is 9.36.